The summed E-state index contributed by atoms with van der Waals surface area (Å²) in [5.41, 5.74) is 2.30. The van der Waals surface area contributed by atoms with E-state index in [1.807, 2.05) is 10.6 Å². The standard InChI is InChI=1S/C12H17N3O/c16-12-14-10-3-1-2-4-11(10)15(12)9-5-7-13-8-6-9/h1,3,9,13H,2,4-8H2,(H,14,16). The van der Waals surface area contributed by atoms with Crippen molar-refractivity contribution in [3.05, 3.63) is 27.9 Å². The van der Waals surface area contributed by atoms with E-state index < -0.39 is 0 Å². The van der Waals surface area contributed by atoms with Gasteiger partial charge >= 0.3 is 5.69 Å². The van der Waals surface area contributed by atoms with Crippen LogP contribution in [-0.4, -0.2) is 22.6 Å². The average Bonchev–Trinajstić information content (AvgIpc) is 2.66. The molecule has 2 aliphatic rings. The van der Waals surface area contributed by atoms with Crippen LogP contribution in [0.1, 0.15) is 36.7 Å². The molecule has 0 unspecified atom stereocenters. The Balaban J connectivity index is 2.02. The molecule has 3 rings (SSSR count). The Hall–Kier alpha value is -1.29. The SMILES string of the molecule is O=c1[nH]c2c(n1C1CCNCC1)CCC=C2. The molecule has 4 heteroatoms. The minimum absolute atomic E-state index is 0.0726. The zero-order chi connectivity index (χ0) is 11.0. The van der Waals surface area contributed by atoms with E-state index in [9.17, 15) is 4.79 Å². The summed E-state index contributed by atoms with van der Waals surface area (Å²) in [4.78, 5) is 14.9. The Bertz CT molecular complexity index is 463. The highest BCUT2D eigenvalue weighted by Crippen LogP contribution is 2.23. The maximum absolute atomic E-state index is 12.0. The molecule has 0 amide bonds. The summed E-state index contributed by atoms with van der Waals surface area (Å²) in [7, 11) is 0. The smallest absolute Gasteiger partial charge is 0.317 e. The lowest BCUT2D eigenvalue weighted by molar-refractivity contribution is 0.354. The van der Waals surface area contributed by atoms with Crippen molar-refractivity contribution < 1.29 is 0 Å². The second-order valence-corrected chi connectivity index (χ2v) is 4.58. The Morgan fingerprint density at radius 3 is 2.94 bits per heavy atom. The molecule has 0 aromatic carbocycles. The van der Waals surface area contributed by atoms with E-state index in [1.165, 1.54) is 5.69 Å². The third-order valence-electron chi connectivity index (χ3n) is 3.57. The van der Waals surface area contributed by atoms with Crippen LogP contribution >= 0.6 is 0 Å². The first-order valence-corrected chi connectivity index (χ1v) is 6.07. The van der Waals surface area contributed by atoms with Crippen LogP contribution in [0.5, 0.6) is 0 Å². The van der Waals surface area contributed by atoms with Crippen LogP contribution in [0.3, 0.4) is 0 Å². The van der Waals surface area contributed by atoms with Gasteiger partial charge in [0.1, 0.15) is 0 Å². The van der Waals surface area contributed by atoms with Crippen molar-refractivity contribution in [1.29, 1.82) is 0 Å². The summed E-state index contributed by atoms with van der Waals surface area (Å²) in [6, 6.07) is 0.389. The zero-order valence-corrected chi connectivity index (χ0v) is 9.33. The predicted octanol–water partition coefficient (Wildman–Crippen LogP) is 1.06. The first kappa shape index (κ1) is 9.90. The fourth-order valence-corrected chi connectivity index (χ4v) is 2.77. The van der Waals surface area contributed by atoms with E-state index in [0.717, 1.165) is 44.5 Å². The molecule has 1 aliphatic heterocycles. The first-order valence-electron chi connectivity index (χ1n) is 6.07. The number of nitrogens with one attached hydrogen (secondary N) is 2. The quantitative estimate of drug-likeness (QED) is 0.742. The number of H-pyrrole nitrogens is 1. The number of piperidine rings is 1. The summed E-state index contributed by atoms with van der Waals surface area (Å²) < 4.78 is 2.00. The number of hydrogen-bond donors (Lipinski definition) is 2. The normalized spacial score (nSPS) is 21.0. The molecule has 0 radical (unpaired) electrons. The number of hydrogen-bond acceptors (Lipinski definition) is 2. The highest BCUT2D eigenvalue weighted by Gasteiger charge is 2.22. The van der Waals surface area contributed by atoms with Crippen LogP contribution in [0.15, 0.2) is 10.9 Å². The van der Waals surface area contributed by atoms with E-state index >= 15 is 0 Å². The summed E-state index contributed by atoms with van der Waals surface area (Å²) in [6.07, 6.45) is 8.34. The van der Waals surface area contributed by atoms with Gasteiger partial charge in [-0.2, -0.15) is 0 Å². The second-order valence-electron chi connectivity index (χ2n) is 4.58. The van der Waals surface area contributed by atoms with E-state index in [2.05, 4.69) is 16.4 Å². The number of allylic oxidation sites excluding steroid dienone is 1. The van der Waals surface area contributed by atoms with Gasteiger partial charge in [0.05, 0.1) is 5.69 Å². The largest absolute Gasteiger partial charge is 0.326 e. The molecule has 0 atom stereocenters. The van der Waals surface area contributed by atoms with Gasteiger partial charge in [-0.3, -0.25) is 4.57 Å². The lowest BCUT2D eigenvalue weighted by Gasteiger charge is -2.25. The Morgan fingerprint density at radius 1 is 1.31 bits per heavy atom. The summed E-state index contributed by atoms with van der Waals surface area (Å²) in [6.45, 7) is 2.04. The zero-order valence-electron chi connectivity index (χ0n) is 9.33. The third kappa shape index (κ3) is 1.53. The number of nitrogens with zero attached hydrogens (tertiary/aromatic N) is 1. The Morgan fingerprint density at radius 2 is 2.12 bits per heavy atom. The molecule has 0 saturated carbocycles. The number of rotatable bonds is 1. The highest BCUT2D eigenvalue weighted by molar-refractivity contribution is 5.50. The molecule has 1 aromatic rings. The summed E-state index contributed by atoms with van der Waals surface area (Å²) >= 11 is 0. The molecule has 16 heavy (non-hydrogen) atoms. The molecular formula is C12H17N3O. The van der Waals surface area contributed by atoms with Crippen LogP contribution < -0.4 is 11.0 Å². The molecule has 1 fully saturated rings. The minimum Gasteiger partial charge on any atom is -0.317 e. The topological polar surface area (TPSA) is 49.8 Å². The van der Waals surface area contributed by atoms with Gasteiger partial charge < -0.3 is 10.3 Å². The van der Waals surface area contributed by atoms with Crippen molar-refractivity contribution in [2.75, 3.05) is 13.1 Å². The van der Waals surface area contributed by atoms with Crippen molar-refractivity contribution in [2.24, 2.45) is 0 Å². The maximum atomic E-state index is 12.0. The van der Waals surface area contributed by atoms with Crippen LogP contribution in [0.25, 0.3) is 6.08 Å². The van der Waals surface area contributed by atoms with Crippen molar-refractivity contribution in [2.45, 2.75) is 31.7 Å². The summed E-state index contributed by atoms with van der Waals surface area (Å²) in [5.74, 6) is 0. The van der Waals surface area contributed by atoms with Crippen LogP contribution in [-0.2, 0) is 6.42 Å². The van der Waals surface area contributed by atoms with Crippen LogP contribution in [0.4, 0.5) is 0 Å². The first-order chi connectivity index (χ1) is 7.86. The van der Waals surface area contributed by atoms with Gasteiger partial charge in [-0.1, -0.05) is 6.08 Å². The van der Waals surface area contributed by atoms with Gasteiger partial charge in [0.2, 0.25) is 0 Å². The van der Waals surface area contributed by atoms with Crippen molar-refractivity contribution in [1.82, 2.24) is 14.9 Å². The molecule has 0 spiro atoms. The predicted molar refractivity (Wildman–Crippen MR) is 63.5 cm³/mol. The highest BCUT2D eigenvalue weighted by atomic mass is 16.1. The van der Waals surface area contributed by atoms with Crippen LogP contribution in [0.2, 0.25) is 0 Å². The van der Waals surface area contributed by atoms with E-state index in [1.54, 1.807) is 0 Å². The number of aromatic nitrogens is 2. The number of aromatic amines is 1. The van der Waals surface area contributed by atoms with E-state index in [4.69, 9.17) is 0 Å². The molecule has 2 N–H and O–H groups in total. The number of fused-ring (bicyclic) bond motifs is 1. The number of imidazole rings is 1. The van der Waals surface area contributed by atoms with Gasteiger partial charge in [-0.05, 0) is 44.8 Å². The van der Waals surface area contributed by atoms with Gasteiger partial charge in [-0.15, -0.1) is 0 Å². The Kier molecular flexibility index (Phi) is 2.44. The monoisotopic (exact) mass is 219 g/mol. The van der Waals surface area contributed by atoms with Gasteiger partial charge in [0.25, 0.3) is 0 Å². The van der Waals surface area contributed by atoms with Crippen LogP contribution in [0, 0.1) is 0 Å². The molecule has 2 heterocycles. The Labute approximate surface area is 94.4 Å². The van der Waals surface area contributed by atoms with Gasteiger partial charge in [0.15, 0.2) is 0 Å². The molecule has 1 aromatic heterocycles. The lowest BCUT2D eigenvalue weighted by Crippen LogP contribution is -2.34. The molecule has 0 bridgehead atoms. The van der Waals surface area contributed by atoms with Gasteiger partial charge in [0, 0.05) is 11.7 Å². The second kappa shape index (κ2) is 3.94. The lowest BCUT2D eigenvalue weighted by atomic mass is 10.0. The van der Waals surface area contributed by atoms with Gasteiger partial charge in [-0.25, -0.2) is 4.79 Å². The van der Waals surface area contributed by atoms with Crippen molar-refractivity contribution >= 4 is 6.08 Å². The molecular weight excluding hydrogens is 202 g/mol. The molecule has 86 valence electrons. The maximum Gasteiger partial charge on any atom is 0.326 e. The van der Waals surface area contributed by atoms with Crippen molar-refractivity contribution in [3.8, 4) is 0 Å². The third-order valence-corrected chi connectivity index (χ3v) is 3.57. The summed E-state index contributed by atoms with van der Waals surface area (Å²) in [5, 5.41) is 3.34. The fraction of sp³-hybridized carbons (Fsp3) is 0.583. The van der Waals surface area contributed by atoms with E-state index in [-0.39, 0.29) is 5.69 Å². The van der Waals surface area contributed by atoms with Crippen molar-refractivity contribution in [3.63, 3.8) is 0 Å². The molecule has 1 aliphatic carbocycles. The fourth-order valence-electron chi connectivity index (χ4n) is 2.77. The van der Waals surface area contributed by atoms with E-state index in [0.29, 0.717) is 6.04 Å². The average molecular weight is 219 g/mol. The molecule has 4 nitrogen and oxygen atoms in total. The molecule has 1 saturated heterocycles. The minimum atomic E-state index is 0.0726.